The molecule has 1 heterocycles. The minimum absolute atomic E-state index is 0.0268. The van der Waals surface area contributed by atoms with Crippen molar-refractivity contribution in [3.63, 3.8) is 0 Å². The minimum Gasteiger partial charge on any atom is -0.388 e. The van der Waals surface area contributed by atoms with Crippen LogP contribution in [-0.2, 0) is 11.2 Å². The summed E-state index contributed by atoms with van der Waals surface area (Å²) in [5.74, 6) is -0.276. The maximum absolute atomic E-state index is 12.8. The summed E-state index contributed by atoms with van der Waals surface area (Å²) in [4.78, 5) is 12.0. The summed E-state index contributed by atoms with van der Waals surface area (Å²) >= 11 is 0. The van der Waals surface area contributed by atoms with Crippen LogP contribution in [0.2, 0.25) is 0 Å². The number of nitrogens with zero attached hydrogens (tertiary/aromatic N) is 2. The Kier molecular flexibility index (Phi) is 6.05. The van der Waals surface area contributed by atoms with E-state index in [4.69, 9.17) is 0 Å². The molecule has 0 fully saturated rings. The molecule has 0 radical (unpaired) electrons. The highest BCUT2D eigenvalue weighted by Gasteiger charge is 2.28. The number of aryl methyl sites for hydroxylation is 1. The van der Waals surface area contributed by atoms with Gasteiger partial charge in [-0.3, -0.25) is 4.79 Å². The predicted octanol–water partition coefficient (Wildman–Crippen LogP) is 2.35. The van der Waals surface area contributed by atoms with Gasteiger partial charge in [0.25, 0.3) is 0 Å². The molecule has 0 bridgehead atoms. The first-order chi connectivity index (χ1) is 10.1. The van der Waals surface area contributed by atoms with Gasteiger partial charge in [-0.15, -0.1) is 0 Å². The van der Waals surface area contributed by atoms with Crippen molar-refractivity contribution in [3.8, 4) is 0 Å². The Labute approximate surface area is 129 Å². The van der Waals surface area contributed by atoms with Crippen LogP contribution in [0.4, 0.5) is 8.78 Å². The third-order valence-corrected chi connectivity index (χ3v) is 4.31. The van der Waals surface area contributed by atoms with Gasteiger partial charge >= 0.3 is 6.55 Å². The molecular formula is C15H25F2N3O2. The Hall–Kier alpha value is -1.50. The lowest BCUT2D eigenvalue weighted by Crippen LogP contribution is -2.45. The van der Waals surface area contributed by atoms with Crippen molar-refractivity contribution in [1.29, 1.82) is 0 Å². The van der Waals surface area contributed by atoms with E-state index in [9.17, 15) is 18.7 Å². The van der Waals surface area contributed by atoms with E-state index in [0.717, 1.165) is 6.42 Å². The van der Waals surface area contributed by atoms with Crippen molar-refractivity contribution in [2.45, 2.75) is 59.6 Å². The van der Waals surface area contributed by atoms with Gasteiger partial charge in [-0.25, -0.2) is 4.68 Å². The largest absolute Gasteiger partial charge is 0.388 e. The van der Waals surface area contributed by atoms with Gasteiger partial charge in [-0.1, -0.05) is 20.3 Å². The molecule has 0 aliphatic rings. The maximum Gasteiger partial charge on any atom is 0.333 e. The van der Waals surface area contributed by atoms with E-state index in [1.54, 1.807) is 13.8 Å². The zero-order valence-electron chi connectivity index (χ0n) is 13.8. The second-order valence-electron chi connectivity index (χ2n) is 5.99. The zero-order valence-corrected chi connectivity index (χ0v) is 13.8. The molecule has 1 rings (SSSR count). The monoisotopic (exact) mass is 317 g/mol. The SMILES string of the molecule is CC[C@@H](C)[C@](C)(O)CNC(=O)Cc1c(C)nn(C(F)F)c1C. The molecule has 2 N–H and O–H groups in total. The summed E-state index contributed by atoms with van der Waals surface area (Å²) in [5, 5.41) is 16.7. The molecule has 2 atom stereocenters. The van der Waals surface area contributed by atoms with Crippen LogP contribution in [0.3, 0.4) is 0 Å². The average molecular weight is 317 g/mol. The van der Waals surface area contributed by atoms with Crippen LogP contribution in [0.25, 0.3) is 0 Å². The van der Waals surface area contributed by atoms with Gasteiger partial charge in [-0.2, -0.15) is 13.9 Å². The fourth-order valence-electron chi connectivity index (χ4n) is 2.26. The molecule has 0 aliphatic carbocycles. The standard InChI is InChI=1S/C15H25F2N3O2/c1-6-9(2)15(5,22)8-18-13(21)7-12-10(3)19-20(11(12)4)14(16)17/h9,14,22H,6-8H2,1-5H3,(H,18,21)/t9-,15-/m1/s1. The van der Waals surface area contributed by atoms with E-state index in [1.807, 2.05) is 13.8 Å². The number of rotatable bonds is 7. The number of amides is 1. The van der Waals surface area contributed by atoms with Crippen LogP contribution in [-0.4, -0.2) is 32.9 Å². The van der Waals surface area contributed by atoms with Crippen LogP contribution < -0.4 is 5.32 Å². The second-order valence-corrected chi connectivity index (χ2v) is 5.99. The van der Waals surface area contributed by atoms with Gasteiger partial charge in [0.1, 0.15) is 0 Å². The van der Waals surface area contributed by atoms with Crippen molar-refractivity contribution < 1.29 is 18.7 Å². The molecule has 5 nitrogen and oxygen atoms in total. The molecule has 7 heteroatoms. The van der Waals surface area contributed by atoms with Gasteiger partial charge in [0.2, 0.25) is 5.91 Å². The number of alkyl halides is 2. The number of hydrogen-bond donors (Lipinski definition) is 2. The average Bonchev–Trinajstić information content (AvgIpc) is 2.72. The van der Waals surface area contributed by atoms with Gasteiger partial charge in [0.15, 0.2) is 0 Å². The topological polar surface area (TPSA) is 67.2 Å². The van der Waals surface area contributed by atoms with E-state index in [2.05, 4.69) is 10.4 Å². The Bertz CT molecular complexity index is 527. The van der Waals surface area contributed by atoms with Crippen LogP contribution in [0.15, 0.2) is 0 Å². The number of halogens is 2. The lowest BCUT2D eigenvalue weighted by atomic mass is 9.88. The summed E-state index contributed by atoms with van der Waals surface area (Å²) in [6.45, 7) is 6.07. The van der Waals surface area contributed by atoms with E-state index in [-0.39, 0.29) is 30.5 Å². The van der Waals surface area contributed by atoms with E-state index < -0.39 is 12.2 Å². The lowest BCUT2D eigenvalue weighted by Gasteiger charge is -2.29. The third-order valence-electron chi connectivity index (χ3n) is 4.31. The molecule has 1 aromatic heterocycles. The molecule has 0 saturated carbocycles. The van der Waals surface area contributed by atoms with E-state index in [1.165, 1.54) is 6.92 Å². The highest BCUT2D eigenvalue weighted by atomic mass is 19.3. The number of aromatic nitrogens is 2. The Balaban J connectivity index is 2.71. The van der Waals surface area contributed by atoms with Crippen molar-refractivity contribution in [2.75, 3.05) is 6.54 Å². The number of nitrogens with one attached hydrogen (secondary N) is 1. The zero-order chi connectivity index (χ0) is 17.1. The number of carbonyl (C=O) groups is 1. The summed E-state index contributed by atoms with van der Waals surface area (Å²) in [6, 6.07) is 0. The number of carbonyl (C=O) groups excluding carboxylic acids is 1. The summed E-state index contributed by atoms with van der Waals surface area (Å²) in [7, 11) is 0. The highest BCUT2D eigenvalue weighted by molar-refractivity contribution is 5.79. The molecule has 0 saturated heterocycles. The van der Waals surface area contributed by atoms with Crippen LogP contribution in [0.1, 0.15) is 50.7 Å². The summed E-state index contributed by atoms with van der Waals surface area (Å²) in [6.07, 6.45) is 0.767. The second kappa shape index (κ2) is 7.17. The predicted molar refractivity (Wildman–Crippen MR) is 79.7 cm³/mol. The van der Waals surface area contributed by atoms with Crippen molar-refractivity contribution >= 4 is 5.91 Å². The minimum atomic E-state index is -2.72. The van der Waals surface area contributed by atoms with Crippen LogP contribution in [0.5, 0.6) is 0 Å². The Morgan fingerprint density at radius 2 is 2.05 bits per heavy atom. The molecule has 22 heavy (non-hydrogen) atoms. The first-order valence-corrected chi connectivity index (χ1v) is 7.42. The molecule has 0 aliphatic heterocycles. The summed E-state index contributed by atoms with van der Waals surface area (Å²) in [5.41, 5.74) is 0.209. The maximum atomic E-state index is 12.8. The van der Waals surface area contributed by atoms with Crippen molar-refractivity contribution in [1.82, 2.24) is 15.1 Å². The van der Waals surface area contributed by atoms with Gasteiger partial charge in [-0.05, 0) is 26.7 Å². The first-order valence-electron chi connectivity index (χ1n) is 7.42. The van der Waals surface area contributed by atoms with Crippen LogP contribution in [0, 0.1) is 19.8 Å². The molecule has 126 valence electrons. The molecule has 1 aromatic rings. The Morgan fingerprint density at radius 3 is 2.50 bits per heavy atom. The smallest absolute Gasteiger partial charge is 0.333 e. The van der Waals surface area contributed by atoms with Gasteiger partial charge < -0.3 is 10.4 Å². The number of hydrogen-bond acceptors (Lipinski definition) is 3. The fraction of sp³-hybridized carbons (Fsp3) is 0.733. The van der Waals surface area contributed by atoms with Gasteiger partial charge in [0.05, 0.1) is 17.7 Å². The molecular weight excluding hydrogens is 292 g/mol. The number of aliphatic hydroxyl groups is 1. The fourth-order valence-corrected chi connectivity index (χ4v) is 2.26. The molecule has 1 amide bonds. The Morgan fingerprint density at radius 1 is 1.45 bits per heavy atom. The molecule has 0 spiro atoms. The van der Waals surface area contributed by atoms with Crippen molar-refractivity contribution in [3.05, 3.63) is 17.0 Å². The quantitative estimate of drug-likeness (QED) is 0.811. The normalized spacial score (nSPS) is 15.7. The molecule has 0 unspecified atom stereocenters. The van der Waals surface area contributed by atoms with E-state index in [0.29, 0.717) is 15.9 Å². The molecule has 0 aromatic carbocycles. The van der Waals surface area contributed by atoms with Crippen LogP contribution >= 0.6 is 0 Å². The van der Waals surface area contributed by atoms with E-state index >= 15 is 0 Å². The highest BCUT2D eigenvalue weighted by Crippen LogP contribution is 2.21. The van der Waals surface area contributed by atoms with Gasteiger partial charge in [0, 0.05) is 17.8 Å². The summed E-state index contributed by atoms with van der Waals surface area (Å²) < 4.78 is 26.1. The lowest BCUT2D eigenvalue weighted by molar-refractivity contribution is -0.122. The first kappa shape index (κ1) is 18.5. The van der Waals surface area contributed by atoms with Crippen molar-refractivity contribution in [2.24, 2.45) is 5.92 Å². The third kappa shape index (κ3) is 4.25.